The zero-order valence-corrected chi connectivity index (χ0v) is 13.1. The van der Waals surface area contributed by atoms with Crippen molar-refractivity contribution < 1.29 is 0 Å². The average Bonchev–Trinajstić information content (AvgIpc) is 2.39. The fourth-order valence-corrected chi connectivity index (χ4v) is 3.37. The quantitative estimate of drug-likeness (QED) is 0.728. The van der Waals surface area contributed by atoms with E-state index in [1.807, 2.05) is 18.2 Å². The molecule has 1 fully saturated rings. The molecule has 1 aliphatic rings. The van der Waals surface area contributed by atoms with Gasteiger partial charge in [-0.15, -0.1) is 0 Å². The smallest absolute Gasteiger partial charge is 0.0465 e. The van der Waals surface area contributed by atoms with Crippen LogP contribution in [0.4, 0.5) is 0 Å². The molecule has 1 aromatic rings. The maximum atomic E-state index is 6.15. The zero-order chi connectivity index (χ0) is 13.7. The van der Waals surface area contributed by atoms with E-state index in [4.69, 9.17) is 23.2 Å². The highest BCUT2D eigenvalue weighted by Crippen LogP contribution is 2.30. The molecule has 1 nitrogen and oxygen atoms in total. The first-order valence-electron chi connectivity index (χ1n) is 7.30. The molecule has 3 heteroatoms. The van der Waals surface area contributed by atoms with Crippen molar-refractivity contribution in [1.29, 1.82) is 0 Å². The van der Waals surface area contributed by atoms with Gasteiger partial charge in [0.1, 0.15) is 0 Å². The zero-order valence-electron chi connectivity index (χ0n) is 11.6. The number of halogens is 2. The van der Waals surface area contributed by atoms with Crippen molar-refractivity contribution in [2.24, 2.45) is 11.8 Å². The number of hydrogen-bond donors (Lipinski definition) is 1. The van der Waals surface area contributed by atoms with Crippen LogP contribution >= 0.6 is 23.2 Å². The third-order valence-corrected chi connectivity index (χ3v) is 4.94. The standard InChI is InChI=1S/C16H23Cl2N/c1-12-5-7-13(8-6-12)9-10-19-11-14-15(17)3-2-4-16(14)18/h2-4,12-13,19H,5-11H2,1H3. The lowest BCUT2D eigenvalue weighted by Crippen LogP contribution is -2.20. The molecule has 0 spiro atoms. The molecule has 1 aromatic carbocycles. The van der Waals surface area contributed by atoms with Gasteiger partial charge in [0.05, 0.1) is 0 Å². The second-order valence-electron chi connectivity index (χ2n) is 5.79. The maximum absolute atomic E-state index is 6.15. The van der Waals surface area contributed by atoms with Crippen LogP contribution in [0.15, 0.2) is 18.2 Å². The monoisotopic (exact) mass is 299 g/mol. The third kappa shape index (κ3) is 4.66. The summed E-state index contributed by atoms with van der Waals surface area (Å²) < 4.78 is 0. The van der Waals surface area contributed by atoms with Crippen LogP contribution in [0.2, 0.25) is 10.0 Å². The minimum atomic E-state index is 0.756. The van der Waals surface area contributed by atoms with Crippen LogP contribution in [0.3, 0.4) is 0 Å². The van der Waals surface area contributed by atoms with E-state index in [2.05, 4.69) is 12.2 Å². The van der Waals surface area contributed by atoms with Crippen LogP contribution in [0.5, 0.6) is 0 Å². The molecule has 0 heterocycles. The first kappa shape index (κ1) is 15.2. The van der Waals surface area contributed by atoms with Gasteiger partial charge < -0.3 is 5.32 Å². The van der Waals surface area contributed by atoms with Gasteiger partial charge in [0.15, 0.2) is 0 Å². The molecule has 1 N–H and O–H groups in total. The largest absolute Gasteiger partial charge is 0.313 e. The fourth-order valence-electron chi connectivity index (χ4n) is 2.84. The maximum Gasteiger partial charge on any atom is 0.0465 e. The molecule has 0 radical (unpaired) electrons. The summed E-state index contributed by atoms with van der Waals surface area (Å²) in [7, 11) is 0. The van der Waals surface area contributed by atoms with Crippen LogP contribution in [0.25, 0.3) is 0 Å². The van der Waals surface area contributed by atoms with E-state index in [0.717, 1.165) is 40.5 Å². The predicted octanol–water partition coefficient (Wildman–Crippen LogP) is 5.30. The summed E-state index contributed by atoms with van der Waals surface area (Å²) in [4.78, 5) is 0. The van der Waals surface area contributed by atoms with Crippen molar-refractivity contribution in [3.8, 4) is 0 Å². The Morgan fingerprint density at radius 2 is 1.74 bits per heavy atom. The first-order valence-corrected chi connectivity index (χ1v) is 8.06. The Hall–Kier alpha value is -0.240. The van der Waals surface area contributed by atoms with E-state index < -0.39 is 0 Å². The summed E-state index contributed by atoms with van der Waals surface area (Å²) in [5.74, 6) is 1.84. The molecule has 0 unspecified atom stereocenters. The SMILES string of the molecule is CC1CCC(CCNCc2c(Cl)cccc2Cl)CC1. The van der Waals surface area contributed by atoms with Crippen molar-refractivity contribution in [3.63, 3.8) is 0 Å². The Kier molecular flexibility index (Phi) is 6.00. The summed E-state index contributed by atoms with van der Waals surface area (Å²) in [6.45, 7) is 4.19. The van der Waals surface area contributed by atoms with Gasteiger partial charge in [-0.05, 0) is 36.9 Å². The Balaban J connectivity index is 1.69. The molecular weight excluding hydrogens is 277 g/mol. The summed E-state index contributed by atoms with van der Waals surface area (Å²) >= 11 is 12.3. The molecule has 2 rings (SSSR count). The topological polar surface area (TPSA) is 12.0 Å². The molecule has 0 bridgehead atoms. The number of nitrogens with one attached hydrogen (secondary N) is 1. The highest BCUT2D eigenvalue weighted by Gasteiger charge is 2.17. The van der Waals surface area contributed by atoms with Crippen LogP contribution in [0, 0.1) is 11.8 Å². The molecule has 0 saturated heterocycles. The van der Waals surface area contributed by atoms with Gasteiger partial charge in [-0.2, -0.15) is 0 Å². The Morgan fingerprint density at radius 3 is 2.37 bits per heavy atom. The van der Waals surface area contributed by atoms with Gasteiger partial charge in [-0.3, -0.25) is 0 Å². The van der Waals surface area contributed by atoms with E-state index >= 15 is 0 Å². The number of hydrogen-bond acceptors (Lipinski definition) is 1. The van der Waals surface area contributed by atoms with Crippen LogP contribution in [-0.2, 0) is 6.54 Å². The lowest BCUT2D eigenvalue weighted by atomic mass is 9.81. The van der Waals surface area contributed by atoms with Gasteiger partial charge >= 0.3 is 0 Å². The Morgan fingerprint density at radius 1 is 1.11 bits per heavy atom. The highest BCUT2D eigenvalue weighted by molar-refractivity contribution is 6.35. The highest BCUT2D eigenvalue weighted by atomic mass is 35.5. The predicted molar refractivity (Wildman–Crippen MR) is 83.9 cm³/mol. The molecule has 1 aliphatic carbocycles. The van der Waals surface area contributed by atoms with Gasteiger partial charge in [-0.1, -0.05) is 61.9 Å². The van der Waals surface area contributed by atoms with Crippen molar-refractivity contribution in [2.75, 3.05) is 6.54 Å². The summed E-state index contributed by atoms with van der Waals surface area (Å²) in [5.41, 5.74) is 1.02. The molecule has 0 atom stereocenters. The summed E-state index contributed by atoms with van der Waals surface area (Å²) in [6.07, 6.45) is 6.88. The lowest BCUT2D eigenvalue weighted by molar-refractivity contribution is 0.275. The minimum absolute atomic E-state index is 0.756. The van der Waals surface area contributed by atoms with Crippen LogP contribution in [0.1, 0.15) is 44.6 Å². The fraction of sp³-hybridized carbons (Fsp3) is 0.625. The number of benzene rings is 1. The van der Waals surface area contributed by atoms with Gasteiger partial charge in [0.25, 0.3) is 0 Å². The van der Waals surface area contributed by atoms with Crippen LogP contribution in [-0.4, -0.2) is 6.54 Å². The van der Waals surface area contributed by atoms with E-state index in [-0.39, 0.29) is 0 Å². The normalized spacial score (nSPS) is 23.5. The van der Waals surface area contributed by atoms with Crippen molar-refractivity contribution in [3.05, 3.63) is 33.8 Å². The van der Waals surface area contributed by atoms with E-state index in [9.17, 15) is 0 Å². The average molecular weight is 300 g/mol. The molecular formula is C16H23Cl2N. The third-order valence-electron chi connectivity index (χ3n) is 4.23. The van der Waals surface area contributed by atoms with Crippen molar-refractivity contribution >= 4 is 23.2 Å². The Bertz CT molecular complexity index is 377. The molecule has 0 aliphatic heterocycles. The van der Waals surface area contributed by atoms with E-state index in [1.165, 1.54) is 32.1 Å². The molecule has 0 aromatic heterocycles. The summed E-state index contributed by atoms with van der Waals surface area (Å²) in [5, 5.41) is 4.98. The second kappa shape index (κ2) is 7.52. The van der Waals surface area contributed by atoms with Crippen molar-refractivity contribution in [1.82, 2.24) is 5.32 Å². The Labute approximate surface area is 126 Å². The van der Waals surface area contributed by atoms with E-state index in [0.29, 0.717) is 0 Å². The molecule has 0 amide bonds. The molecule has 106 valence electrons. The van der Waals surface area contributed by atoms with Gasteiger partial charge in [-0.25, -0.2) is 0 Å². The second-order valence-corrected chi connectivity index (χ2v) is 6.61. The lowest BCUT2D eigenvalue weighted by Gasteiger charge is -2.26. The van der Waals surface area contributed by atoms with Gasteiger partial charge in [0, 0.05) is 22.2 Å². The van der Waals surface area contributed by atoms with E-state index in [1.54, 1.807) is 0 Å². The first-order chi connectivity index (χ1) is 9.16. The summed E-state index contributed by atoms with van der Waals surface area (Å²) in [6, 6.07) is 5.68. The number of rotatable bonds is 5. The minimum Gasteiger partial charge on any atom is -0.313 e. The van der Waals surface area contributed by atoms with Crippen molar-refractivity contribution in [2.45, 2.75) is 45.6 Å². The molecule has 19 heavy (non-hydrogen) atoms. The van der Waals surface area contributed by atoms with Crippen LogP contribution < -0.4 is 5.32 Å². The van der Waals surface area contributed by atoms with Gasteiger partial charge in [0.2, 0.25) is 0 Å². The molecule has 1 saturated carbocycles.